The minimum atomic E-state index is 0.128. The number of carbonyl (C=O) groups excluding carboxylic acids is 2. The maximum atomic E-state index is 12.6. The van der Waals surface area contributed by atoms with Crippen molar-refractivity contribution < 1.29 is 9.59 Å². The molecule has 21 heavy (non-hydrogen) atoms. The number of nitrogens with one attached hydrogen (secondary N) is 1. The molecule has 120 valence electrons. The van der Waals surface area contributed by atoms with Gasteiger partial charge in [-0.05, 0) is 38.6 Å². The lowest BCUT2D eigenvalue weighted by Gasteiger charge is -2.37. The predicted molar refractivity (Wildman–Crippen MR) is 82.8 cm³/mol. The highest BCUT2D eigenvalue weighted by Gasteiger charge is 2.31. The lowest BCUT2D eigenvalue weighted by molar-refractivity contribution is -0.142. The maximum Gasteiger partial charge on any atom is 0.225 e. The van der Waals surface area contributed by atoms with E-state index in [2.05, 4.69) is 17.1 Å². The molecule has 0 aromatic rings. The fourth-order valence-electron chi connectivity index (χ4n) is 3.41. The van der Waals surface area contributed by atoms with Crippen LogP contribution in [0.15, 0.2) is 0 Å². The fourth-order valence-corrected chi connectivity index (χ4v) is 3.41. The summed E-state index contributed by atoms with van der Waals surface area (Å²) in [5.74, 6) is 1.29. The van der Waals surface area contributed by atoms with Crippen LogP contribution in [-0.2, 0) is 9.59 Å². The van der Waals surface area contributed by atoms with Crippen molar-refractivity contribution in [2.24, 2.45) is 11.8 Å². The van der Waals surface area contributed by atoms with Gasteiger partial charge in [0, 0.05) is 45.1 Å². The Labute approximate surface area is 128 Å². The number of hydrogen-bond donors (Lipinski definition) is 1. The zero-order valence-corrected chi connectivity index (χ0v) is 13.4. The van der Waals surface area contributed by atoms with Gasteiger partial charge in [-0.15, -0.1) is 0 Å². The van der Waals surface area contributed by atoms with Gasteiger partial charge in [0.2, 0.25) is 11.8 Å². The van der Waals surface area contributed by atoms with E-state index in [9.17, 15) is 9.59 Å². The Kier molecular flexibility index (Phi) is 6.03. The molecule has 5 heteroatoms. The molecule has 1 unspecified atom stereocenters. The third kappa shape index (κ3) is 4.43. The van der Waals surface area contributed by atoms with Crippen molar-refractivity contribution in [1.82, 2.24) is 15.1 Å². The molecule has 2 rings (SSSR count). The molecule has 0 saturated carbocycles. The van der Waals surface area contributed by atoms with Crippen LogP contribution in [0.1, 0.15) is 39.0 Å². The molecule has 2 fully saturated rings. The van der Waals surface area contributed by atoms with Crippen molar-refractivity contribution in [3.05, 3.63) is 0 Å². The van der Waals surface area contributed by atoms with Gasteiger partial charge in [0.05, 0.1) is 0 Å². The normalized spacial score (nSPS) is 24.2. The fraction of sp³-hybridized carbons (Fsp3) is 0.875. The molecule has 0 radical (unpaired) electrons. The summed E-state index contributed by atoms with van der Waals surface area (Å²) in [5.41, 5.74) is 0. The maximum absolute atomic E-state index is 12.6. The second kappa shape index (κ2) is 7.78. The molecule has 2 saturated heterocycles. The summed E-state index contributed by atoms with van der Waals surface area (Å²) in [5, 5.41) is 3.00. The third-order valence-electron chi connectivity index (χ3n) is 4.75. The third-order valence-corrected chi connectivity index (χ3v) is 4.75. The van der Waals surface area contributed by atoms with Crippen molar-refractivity contribution in [1.29, 1.82) is 0 Å². The zero-order valence-electron chi connectivity index (χ0n) is 13.4. The van der Waals surface area contributed by atoms with Crippen LogP contribution >= 0.6 is 0 Å². The monoisotopic (exact) mass is 295 g/mol. The quantitative estimate of drug-likeness (QED) is 0.845. The Morgan fingerprint density at radius 2 is 1.81 bits per heavy atom. The first-order valence-electron chi connectivity index (χ1n) is 8.33. The first-order chi connectivity index (χ1) is 10.1. The minimum absolute atomic E-state index is 0.128. The van der Waals surface area contributed by atoms with Crippen LogP contribution in [0.25, 0.3) is 0 Å². The van der Waals surface area contributed by atoms with E-state index in [1.54, 1.807) is 0 Å². The van der Waals surface area contributed by atoms with Crippen molar-refractivity contribution in [2.75, 3.05) is 39.8 Å². The number of rotatable bonds is 4. The molecule has 1 N–H and O–H groups in total. The predicted octanol–water partition coefficient (Wildman–Crippen LogP) is 1.09. The molecular weight excluding hydrogens is 266 g/mol. The highest BCUT2D eigenvalue weighted by atomic mass is 16.2. The molecule has 0 aromatic carbocycles. The van der Waals surface area contributed by atoms with Crippen molar-refractivity contribution >= 4 is 11.8 Å². The van der Waals surface area contributed by atoms with E-state index in [-0.39, 0.29) is 11.8 Å². The Morgan fingerprint density at radius 3 is 2.43 bits per heavy atom. The molecule has 0 aromatic heterocycles. The highest BCUT2D eigenvalue weighted by Crippen LogP contribution is 2.23. The van der Waals surface area contributed by atoms with Crippen LogP contribution in [0.5, 0.6) is 0 Å². The Bertz CT molecular complexity index is 365. The van der Waals surface area contributed by atoms with Crippen LogP contribution in [0.2, 0.25) is 0 Å². The van der Waals surface area contributed by atoms with Gasteiger partial charge in [-0.25, -0.2) is 0 Å². The van der Waals surface area contributed by atoms with Gasteiger partial charge in [0.1, 0.15) is 0 Å². The first-order valence-corrected chi connectivity index (χ1v) is 8.33. The van der Waals surface area contributed by atoms with Crippen LogP contribution in [0, 0.1) is 11.8 Å². The summed E-state index contributed by atoms with van der Waals surface area (Å²) in [4.78, 5) is 28.5. The van der Waals surface area contributed by atoms with Gasteiger partial charge in [-0.2, -0.15) is 0 Å². The van der Waals surface area contributed by atoms with Crippen LogP contribution in [-0.4, -0.2) is 61.4 Å². The number of hydrogen-bond acceptors (Lipinski definition) is 3. The lowest BCUT2D eigenvalue weighted by atomic mass is 9.92. The molecule has 2 aliphatic heterocycles. The molecule has 2 amide bonds. The van der Waals surface area contributed by atoms with Gasteiger partial charge < -0.3 is 15.1 Å². The molecule has 0 spiro atoms. The SMILES string of the molecule is CNCCC(=O)N1CCC(C(=O)N2CCCC(C)C2)CC1. The van der Waals surface area contributed by atoms with Crippen LogP contribution in [0.4, 0.5) is 0 Å². The van der Waals surface area contributed by atoms with Gasteiger partial charge >= 0.3 is 0 Å². The highest BCUT2D eigenvalue weighted by molar-refractivity contribution is 5.80. The van der Waals surface area contributed by atoms with E-state index in [0.717, 1.165) is 52.0 Å². The lowest BCUT2D eigenvalue weighted by Crippen LogP contribution is -2.47. The first kappa shape index (κ1) is 16.3. The second-order valence-corrected chi connectivity index (χ2v) is 6.54. The van der Waals surface area contributed by atoms with E-state index in [1.807, 2.05) is 11.9 Å². The number of piperidine rings is 2. The molecule has 2 aliphatic rings. The van der Waals surface area contributed by atoms with Gasteiger partial charge in [0.25, 0.3) is 0 Å². The Hall–Kier alpha value is -1.10. The molecule has 1 atom stereocenters. The minimum Gasteiger partial charge on any atom is -0.343 e. The zero-order chi connectivity index (χ0) is 15.2. The van der Waals surface area contributed by atoms with E-state index in [1.165, 1.54) is 6.42 Å². The standard InChI is InChI=1S/C16H29N3O2/c1-13-4-3-9-19(12-13)16(21)14-6-10-18(11-7-14)15(20)5-8-17-2/h13-14,17H,3-12H2,1-2H3. The molecule has 0 bridgehead atoms. The van der Waals surface area contributed by atoms with Gasteiger partial charge in [-0.3, -0.25) is 9.59 Å². The summed E-state index contributed by atoms with van der Waals surface area (Å²) in [7, 11) is 1.86. The van der Waals surface area contributed by atoms with E-state index in [0.29, 0.717) is 18.2 Å². The molecule has 2 heterocycles. The van der Waals surface area contributed by atoms with Crippen molar-refractivity contribution in [3.63, 3.8) is 0 Å². The van der Waals surface area contributed by atoms with Crippen LogP contribution < -0.4 is 5.32 Å². The number of amides is 2. The molecule has 5 nitrogen and oxygen atoms in total. The van der Waals surface area contributed by atoms with E-state index >= 15 is 0 Å². The van der Waals surface area contributed by atoms with E-state index < -0.39 is 0 Å². The topological polar surface area (TPSA) is 52.7 Å². The average Bonchev–Trinajstić information content (AvgIpc) is 2.52. The average molecular weight is 295 g/mol. The van der Waals surface area contributed by atoms with Crippen molar-refractivity contribution in [2.45, 2.75) is 39.0 Å². The number of likely N-dealkylation sites (tertiary alicyclic amines) is 2. The van der Waals surface area contributed by atoms with Crippen LogP contribution in [0.3, 0.4) is 0 Å². The summed E-state index contributed by atoms with van der Waals surface area (Å²) in [6.07, 6.45) is 4.58. The summed E-state index contributed by atoms with van der Waals surface area (Å²) < 4.78 is 0. The smallest absolute Gasteiger partial charge is 0.225 e. The van der Waals surface area contributed by atoms with Gasteiger partial charge in [-0.1, -0.05) is 6.92 Å². The summed E-state index contributed by atoms with van der Waals surface area (Å²) in [6, 6.07) is 0. The Balaban J connectivity index is 1.77. The second-order valence-electron chi connectivity index (χ2n) is 6.54. The number of carbonyl (C=O) groups is 2. The van der Waals surface area contributed by atoms with E-state index in [4.69, 9.17) is 0 Å². The van der Waals surface area contributed by atoms with Crippen molar-refractivity contribution in [3.8, 4) is 0 Å². The number of nitrogens with zero attached hydrogens (tertiary/aromatic N) is 2. The summed E-state index contributed by atoms with van der Waals surface area (Å²) in [6.45, 7) is 6.27. The Morgan fingerprint density at radius 1 is 1.10 bits per heavy atom. The molecular formula is C16H29N3O2. The summed E-state index contributed by atoms with van der Waals surface area (Å²) >= 11 is 0. The largest absolute Gasteiger partial charge is 0.343 e. The van der Waals surface area contributed by atoms with Gasteiger partial charge in [0.15, 0.2) is 0 Å². The molecule has 0 aliphatic carbocycles.